The van der Waals surface area contributed by atoms with Crippen LogP contribution in [-0.4, -0.2) is 11.0 Å². The smallest absolute Gasteiger partial charge is 0.248 e. The zero-order chi connectivity index (χ0) is 21.8. The highest BCUT2D eigenvalue weighted by Gasteiger charge is 2.11. The van der Waals surface area contributed by atoms with Gasteiger partial charge in [0.25, 0.3) is 0 Å². The summed E-state index contributed by atoms with van der Waals surface area (Å²) in [6.07, 6.45) is 2.89. The molecule has 0 atom stereocenters. The zero-order valence-electron chi connectivity index (χ0n) is 16.1. The van der Waals surface area contributed by atoms with E-state index in [0.29, 0.717) is 39.3 Å². The molecular formula is C24H17ClFNO4. The molecule has 4 aromatic rings. The summed E-state index contributed by atoms with van der Waals surface area (Å²) in [6.45, 7) is -0.214. The van der Waals surface area contributed by atoms with E-state index in [1.54, 1.807) is 60.7 Å². The molecule has 2 N–H and O–H groups in total. The van der Waals surface area contributed by atoms with Gasteiger partial charge in [-0.1, -0.05) is 11.6 Å². The van der Waals surface area contributed by atoms with Crippen molar-refractivity contribution in [3.63, 3.8) is 0 Å². The number of nitrogens with one attached hydrogen (secondary N) is 1. The highest BCUT2D eigenvalue weighted by molar-refractivity contribution is 6.33. The van der Waals surface area contributed by atoms with Crippen molar-refractivity contribution in [2.75, 3.05) is 5.32 Å². The van der Waals surface area contributed by atoms with E-state index in [4.69, 9.17) is 25.5 Å². The van der Waals surface area contributed by atoms with Gasteiger partial charge in [0, 0.05) is 22.9 Å². The second-order valence-corrected chi connectivity index (χ2v) is 7.06. The first-order chi connectivity index (χ1) is 15.0. The number of furan rings is 2. The van der Waals surface area contributed by atoms with Crippen molar-refractivity contribution in [1.82, 2.24) is 0 Å². The Morgan fingerprint density at radius 2 is 1.77 bits per heavy atom. The summed E-state index contributed by atoms with van der Waals surface area (Å²) in [5, 5.41) is 12.4. The van der Waals surface area contributed by atoms with Crippen molar-refractivity contribution in [1.29, 1.82) is 0 Å². The molecule has 0 saturated carbocycles. The average Bonchev–Trinajstić information content (AvgIpc) is 3.44. The molecule has 0 radical (unpaired) electrons. The van der Waals surface area contributed by atoms with Crippen molar-refractivity contribution in [2.45, 2.75) is 6.61 Å². The average molecular weight is 438 g/mol. The van der Waals surface area contributed by atoms with Crippen LogP contribution in [0.25, 0.3) is 28.7 Å². The topological polar surface area (TPSA) is 75.6 Å². The van der Waals surface area contributed by atoms with E-state index >= 15 is 0 Å². The van der Waals surface area contributed by atoms with Crippen LogP contribution in [0.2, 0.25) is 5.02 Å². The lowest BCUT2D eigenvalue weighted by Gasteiger charge is -2.06. The minimum Gasteiger partial charge on any atom is -0.459 e. The van der Waals surface area contributed by atoms with Crippen LogP contribution in [0.4, 0.5) is 10.1 Å². The number of rotatable bonds is 6. The molecule has 4 rings (SSSR count). The molecule has 0 unspecified atom stereocenters. The van der Waals surface area contributed by atoms with Gasteiger partial charge in [-0.05, 0) is 72.8 Å². The van der Waals surface area contributed by atoms with Crippen LogP contribution in [0, 0.1) is 5.82 Å². The van der Waals surface area contributed by atoms with Gasteiger partial charge in [0.15, 0.2) is 0 Å². The van der Waals surface area contributed by atoms with Crippen LogP contribution in [0.15, 0.2) is 81.6 Å². The van der Waals surface area contributed by atoms with Gasteiger partial charge in [-0.25, -0.2) is 4.39 Å². The lowest BCUT2D eigenvalue weighted by molar-refractivity contribution is -0.111. The predicted octanol–water partition coefficient (Wildman–Crippen LogP) is 6.14. The third-order valence-corrected chi connectivity index (χ3v) is 4.80. The number of aliphatic hydroxyl groups is 1. The Hall–Kier alpha value is -3.61. The van der Waals surface area contributed by atoms with Crippen LogP contribution in [0.5, 0.6) is 0 Å². The van der Waals surface area contributed by atoms with E-state index in [1.165, 1.54) is 18.2 Å². The van der Waals surface area contributed by atoms with E-state index in [2.05, 4.69) is 5.32 Å². The van der Waals surface area contributed by atoms with Crippen molar-refractivity contribution >= 4 is 29.3 Å². The van der Waals surface area contributed by atoms with Gasteiger partial charge in [0.2, 0.25) is 5.91 Å². The Morgan fingerprint density at radius 3 is 2.52 bits per heavy atom. The molecular weight excluding hydrogens is 421 g/mol. The second kappa shape index (κ2) is 9.04. The van der Waals surface area contributed by atoms with E-state index in [1.807, 2.05) is 0 Å². The molecule has 0 aliphatic rings. The maximum absolute atomic E-state index is 13.0. The number of benzene rings is 2. The van der Waals surface area contributed by atoms with Gasteiger partial charge in [-0.15, -0.1) is 0 Å². The molecule has 7 heteroatoms. The number of carbonyl (C=O) groups is 1. The van der Waals surface area contributed by atoms with Gasteiger partial charge in [0.05, 0.1) is 5.02 Å². The maximum atomic E-state index is 13.0. The van der Waals surface area contributed by atoms with E-state index in [0.717, 1.165) is 5.56 Å². The molecule has 0 bridgehead atoms. The summed E-state index contributed by atoms with van der Waals surface area (Å²) in [5.41, 5.74) is 1.86. The fraction of sp³-hybridized carbons (Fsp3) is 0.0417. The van der Waals surface area contributed by atoms with E-state index in [9.17, 15) is 9.18 Å². The second-order valence-electron chi connectivity index (χ2n) is 6.65. The Labute approximate surface area is 182 Å². The van der Waals surface area contributed by atoms with E-state index in [-0.39, 0.29) is 18.3 Å². The fourth-order valence-electron chi connectivity index (χ4n) is 2.95. The minimum atomic E-state index is -0.358. The van der Waals surface area contributed by atoms with Gasteiger partial charge in [-0.3, -0.25) is 4.79 Å². The van der Waals surface area contributed by atoms with Crippen LogP contribution < -0.4 is 5.32 Å². The number of amides is 1. The normalized spacial score (nSPS) is 11.2. The highest BCUT2D eigenvalue weighted by Crippen LogP contribution is 2.32. The number of anilines is 1. The lowest BCUT2D eigenvalue weighted by atomic mass is 10.1. The fourth-order valence-corrected chi connectivity index (χ4v) is 3.16. The van der Waals surface area contributed by atoms with E-state index < -0.39 is 0 Å². The standard InChI is InChI=1S/C24H17ClFNO4/c25-21-9-5-17(13-20(21)23-11-7-19(14-28)31-23)27-24(29)12-8-18-6-10-22(30-18)15-1-3-16(26)4-2-15/h1-13,28H,14H2,(H,27,29)/b12-8+. The number of hydrogen-bond donors (Lipinski definition) is 2. The third-order valence-electron chi connectivity index (χ3n) is 4.47. The first-order valence-electron chi connectivity index (χ1n) is 9.36. The lowest BCUT2D eigenvalue weighted by Crippen LogP contribution is -2.07. The Kier molecular flexibility index (Phi) is 6.02. The predicted molar refractivity (Wildman–Crippen MR) is 117 cm³/mol. The van der Waals surface area contributed by atoms with Gasteiger partial charge >= 0.3 is 0 Å². The van der Waals surface area contributed by atoms with Crippen LogP contribution in [-0.2, 0) is 11.4 Å². The molecule has 1 amide bonds. The van der Waals surface area contributed by atoms with Crippen LogP contribution >= 0.6 is 11.6 Å². The van der Waals surface area contributed by atoms with Crippen molar-refractivity contribution in [3.05, 3.63) is 95.2 Å². The molecule has 0 saturated heterocycles. The molecule has 0 fully saturated rings. The first-order valence-corrected chi connectivity index (χ1v) is 9.74. The van der Waals surface area contributed by atoms with Crippen molar-refractivity contribution in [3.8, 4) is 22.6 Å². The molecule has 2 aromatic heterocycles. The van der Waals surface area contributed by atoms with Crippen LogP contribution in [0.1, 0.15) is 11.5 Å². The maximum Gasteiger partial charge on any atom is 0.248 e. The Balaban J connectivity index is 1.45. The molecule has 0 aliphatic heterocycles. The molecule has 156 valence electrons. The number of aliphatic hydroxyl groups excluding tert-OH is 1. The number of hydrogen-bond acceptors (Lipinski definition) is 4. The number of carbonyl (C=O) groups excluding carboxylic acids is 1. The monoisotopic (exact) mass is 437 g/mol. The molecule has 5 nitrogen and oxygen atoms in total. The molecule has 2 aromatic carbocycles. The molecule has 31 heavy (non-hydrogen) atoms. The SMILES string of the molecule is O=C(/C=C/c1ccc(-c2ccc(F)cc2)o1)Nc1ccc(Cl)c(-c2ccc(CO)o2)c1. The quantitative estimate of drug-likeness (QED) is 0.355. The summed E-state index contributed by atoms with van der Waals surface area (Å²) >= 11 is 6.24. The first kappa shape index (κ1) is 20.7. The number of halogens is 2. The summed E-state index contributed by atoms with van der Waals surface area (Å²) in [7, 11) is 0. The largest absolute Gasteiger partial charge is 0.459 e. The van der Waals surface area contributed by atoms with Crippen LogP contribution in [0.3, 0.4) is 0 Å². The van der Waals surface area contributed by atoms with Gasteiger partial charge < -0.3 is 19.3 Å². The highest BCUT2D eigenvalue weighted by atomic mass is 35.5. The Bertz CT molecular complexity index is 1240. The third kappa shape index (κ3) is 4.94. The van der Waals surface area contributed by atoms with Gasteiger partial charge in [-0.2, -0.15) is 0 Å². The minimum absolute atomic E-state index is 0.214. The summed E-state index contributed by atoms with van der Waals surface area (Å²) < 4.78 is 24.2. The van der Waals surface area contributed by atoms with Crippen molar-refractivity contribution < 1.29 is 23.1 Å². The van der Waals surface area contributed by atoms with Gasteiger partial charge in [0.1, 0.15) is 35.5 Å². The summed E-state index contributed by atoms with van der Waals surface area (Å²) in [5.74, 6) is 1.29. The Morgan fingerprint density at radius 1 is 1.00 bits per heavy atom. The zero-order valence-corrected chi connectivity index (χ0v) is 16.9. The summed E-state index contributed by atoms with van der Waals surface area (Å²) in [4.78, 5) is 12.3. The molecule has 2 heterocycles. The summed E-state index contributed by atoms with van der Waals surface area (Å²) in [6, 6.07) is 17.8. The van der Waals surface area contributed by atoms with Crippen molar-refractivity contribution in [2.24, 2.45) is 0 Å². The molecule has 0 aliphatic carbocycles. The molecule has 0 spiro atoms.